The van der Waals surface area contributed by atoms with Crippen LogP contribution in [0.25, 0.3) is 11.3 Å². The third-order valence-corrected chi connectivity index (χ3v) is 8.22. The Morgan fingerprint density at radius 2 is 1.85 bits per heavy atom. The van der Waals surface area contributed by atoms with Gasteiger partial charge in [0.05, 0.1) is 19.0 Å². The first-order chi connectivity index (χ1) is 16.6. The van der Waals surface area contributed by atoms with Gasteiger partial charge in [-0.05, 0) is 61.3 Å². The molecule has 34 heavy (non-hydrogen) atoms. The molecule has 0 spiro atoms. The predicted molar refractivity (Wildman–Crippen MR) is 134 cm³/mol. The van der Waals surface area contributed by atoms with Crippen molar-refractivity contribution >= 4 is 11.5 Å². The molecule has 0 N–H and O–H groups in total. The first-order valence-corrected chi connectivity index (χ1v) is 12.6. The Balaban J connectivity index is 1.15. The minimum atomic E-state index is 0.557. The first kappa shape index (κ1) is 21.4. The van der Waals surface area contributed by atoms with Crippen LogP contribution in [0.15, 0.2) is 42.7 Å². The summed E-state index contributed by atoms with van der Waals surface area (Å²) in [5, 5.41) is 13.2. The highest BCUT2D eigenvalue weighted by atomic mass is 16.5. The summed E-state index contributed by atoms with van der Waals surface area (Å²) < 4.78 is 7.38. The topological polar surface area (TPSA) is 59.3 Å². The molecule has 3 aromatic rings. The molecule has 1 aromatic carbocycles. The van der Waals surface area contributed by atoms with Gasteiger partial charge >= 0.3 is 0 Å². The van der Waals surface area contributed by atoms with Gasteiger partial charge in [-0.3, -0.25) is 4.68 Å². The molecular weight excluding hydrogens is 424 g/mol. The van der Waals surface area contributed by atoms with Crippen molar-refractivity contribution in [3.8, 4) is 17.0 Å². The van der Waals surface area contributed by atoms with E-state index >= 15 is 0 Å². The number of fused-ring (bicyclic) bond motifs is 1. The van der Waals surface area contributed by atoms with Crippen LogP contribution >= 0.6 is 0 Å². The van der Waals surface area contributed by atoms with Crippen LogP contribution in [0, 0.1) is 11.8 Å². The van der Waals surface area contributed by atoms with Crippen LogP contribution in [-0.2, 0) is 7.05 Å². The van der Waals surface area contributed by atoms with Crippen LogP contribution in [0.2, 0.25) is 0 Å². The number of methoxy groups -OCH3 is 1. The monoisotopic (exact) mass is 458 g/mol. The van der Waals surface area contributed by atoms with Gasteiger partial charge in [0, 0.05) is 62.2 Å². The van der Waals surface area contributed by atoms with E-state index in [4.69, 9.17) is 4.74 Å². The number of ether oxygens (including phenoxy) is 1. The molecule has 7 heteroatoms. The minimum absolute atomic E-state index is 0.557. The van der Waals surface area contributed by atoms with Crippen molar-refractivity contribution < 1.29 is 4.74 Å². The SMILES string of the molecule is COc1ccc2c(c1)N(C1CCN(c3ccc(-c4cnn(C)c4)nn3)CC1)CC2C(C)C1CC1. The summed E-state index contributed by atoms with van der Waals surface area (Å²) >= 11 is 0. The Kier molecular flexibility index (Phi) is 5.42. The Labute approximate surface area is 201 Å². The highest BCUT2D eigenvalue weighted by Crippen LogP contribution is 2.50. The third-order valence-electron chi connectivity index (χ3n) is 8.22. The Hall–Kier alpha value is -3.09. The average Bonchev–Trinajstić information content (AvgIpc) is 3.54. The molecular formula is C27H34N6O. The van der Waals surface area contributed by atoms with Gasteiger partial charge in [0.2, 0.25) is 0 Å². The fraction of sp³-hybridized carbons (Fsp3) is 0.519. The summed E-state index contributed by atoms with van der Waals surface area (Å²) in [6.07, 6.45) is 8.87. The van der Waals surface area contributed by atoms with Crippen LogP contribution in [-0.4, -0.2) is 52.8 Å². The van der Waals surface area contributed by atoms with E-state index in [0.29, 0.717) is 12.0 Å². The summed E-state index contributed by atoms with van der Waals surface area (Å²) in [5.74, 6) is 4.23. The zero-order chi connectivity index (χ0) is 23.2. The van der Waals surface area contributed by atoms with Crippen molar-refractivity contribution in [3.63, 3.8) is 0 Å². The third kappa shape index (κ3) is 3.91. The molecule has 0 amide bonds. The number of nitrogens with zero attached hydrogens (tertiary/aromatic N) is 6. The summed E-state index contributed by atoms with van der Waals surface area (Å²) in [6, 6.07) is 11.4. The van der Waals surface area contributed by atoms with Gasteiger partial charge < -0.3 is 14.5 Å². The van der Waals surface area contributed by atoms with E-state index in [9.17, 15) is 0 Å². The highest BCUT2D eigenvalue weighted by Gasteiger charge is 2.41. The lowest BCUT2D eigenvalue weighted by Crippen LogP contribution is -2.45. The number of hydrogen-bond donors (Lipinski definition) is 0. The molecule has 6 rings (SSSR count). The number of benzene rings is 1. The van der Waals surface area contributed by atoms with Crippen LogP contribution in [0.4, 0.5) is 11.5 Å². The fourth-order valence-corrected chi connectivity index (χ4v) is 5.98. The quantitative estimate of drug-likeness (QED) is 0.542. The van der Waals surface area contributed by atoms with E-state index in [1.165, 1.54) is 24.1 Å². The van der Waals surface area contributed by atoms with Crippen molar-refractivity contribution in [2.24, 2.45) is 18.9 Å². The van der Waals surface area contributed by atoms with E-state index in [1.807, 2.05) is 19.4 Å². The van der Waals surface area contributed by atoms with E-state index in [-0.39, 0.29) is 0 Å². The maximum absolute atomic E-state index is 5.59. The van der Waals surface area contributed by atoms with Crippen molar-refractivity contribution in [1.29, 1.82) is 0 Å². The number of aryl methyl sites for hydroxylation is 1. The minimum Gasteiger partial charge on any atom is -0.497 e. The second-order valence-electron chi connectivity index (χ2n) is 10.3. The molecule has 0 bridgehead atoms. The second-order valence-corrected chi connectivity index (χ2v) is 10.3. The normalized spacial score (nSPS) is 21.6. The second kappa shape index (κ2) is 8.60. The maximum atomic E-state index is 5.59. The standard InChI is InChI=1S/C27H34N6O/c1-18(19-4-5-19)24-17-33(26-14-22(34-3)6-7-23(24)26)21-10-12-32(13-11-21)27-9-8-25(29-30-27)20-15-28-31(2)16-20/h6-9,14-16,18-19,21,24H,4-5,10-13,17H2,1-3H3. The lowest BCUT2D eigenvalue weighted by molar-refractivity contribution is 0.398. The number of anilines is 2. The largest absolute Gasteiger partial charge is 0.497 e. The zero-order valence-electron chi connectivity index (χ0n) is 20.4. The van der Waals surface area contributed by atoms with Gasteiger partial charge in [0.1, 0.15) is 5.75 Å². The van der Waals surface area contributed by atoms with E-state index in [1.54, 1.807) is 11.8 Å². The van der Waals surface area contributed by atoms with Crippen LogP contribution in [0.3, 0.4) is 0 Å². The highest BCUT2D eigenvalue weighted by molar-refractivity contribution is 5.64. The number of rotatable bonds is 6. The van der Waals surface area contributed by atoms with Crippen molar-refractivity contribution in [2.45, 2.75) is 44.6 Å². The fourth-order valence-electron chi connectivity index (χ4n) is 5.98. The van der Waals surface area contributed by atoms with Gasteiger partial charge in [0.15, 0.2) is 5.82 Å². The smallest absolute Gasteiger partial charge is 0.151 e. The predicted octanol–water partition coefficient (Wildman–Crippen LogP) is 4.50. The molecule has 1 saturated carbocycles. The lowest BCUT2D eigenvalue weighted by atomic mass is 9.85. The molecule has 3 aliphatic rings. The van der Waals surface area contributed by atoms with Crippen LogP contribution < -0.4 is 14.5 Å². The zero-order valence-corrected chi connectivity index (χ0v) is 20.4. The van der Waals surface area contributed by atoms with Gasteiger partial charge in [0.25, 0.3) is 0 Å². The van der Waals surface area contributed by atoms with Crippen molar-refractivity contribution in [3.05, 3.63) is 48.3 Å². The Morgan fingerprint density at radius 1 is 1.03 bits per heavy atom. The first-order valence-electron chi connectivity index (χ1n) is 12.6. The molecule has 7 nitrogen and oxygen atoms in total. The lowest BCUT2D eigenvalue weighted by Gasteiger charge is -2.38. The Morgan fingerprint density at radius 3 is 2.50 bits per heavy atom. The molecule has 4 heterocycles. The number of piperidine rings is 1. The average molecular weight is 459 g/mol. The van der Waals surface area contributed by atoms with Gasteiger partial charge in [-0.1, -0.05) is 13.0 Å². The molecule has 2 unspecified atom stereocenters. The maximum Gasteiger partial charge on any atom is 0.151 e. The van der Waals surface area contributed by atoms with Gasteiger partial charge in [-0.2, -0.15) is 5.10 Å². The van der Waals surface area contributed by atoms with Crippen LogP contribution in [0.1, 0.15) is 44.1 Å². The molecule has 178 valence electrons. The van der Waals surface area contributed by atoms with E-state index in [0.717, 1.165) is 67.1 Å². The molecule has 2 aliphatic heterocycles. The van der Waals surface area contributed by atoms with Crippen molar-refractivity contribution in [1.82, 2.24) is 20.0 Å². The molecule has 2 aromatic heterocycles. The number of hydrogen-bond acceptors (Lipinski definition) is 6. The van der Waals surface area contributed by atoms with E-state index in [2.05, 4.69) is 62.4 Å². The molecule has 1 aliphatic carbocycles. The Bertz CT molecular complexity index is 1150. The number of aromatic nitrogens is 4. The molecule has 0 radical (unpaired) electrons. The summed E-state index contributed by atoms with van der Waals surface area (Å²) in [5.41, 5.74) is 4.79. The summed E-state index contributed by atoms with van der Waals surface area (Å²) in [6.45, 7) is 5.62. The van der Waals surface area contributed by atoms with Crippen molar-refractivity contribution in [2.75, 3.05) is 36.5 Å². The van der Waals surface area contributed by atoms with E-state index < -0.39 is 0 Å². The molecule has 2 fully saturated rings. The molecule has 2 atom stereocenters. The molecule has 1 saturated heterocycles. The van der Waals surface area contributed by atoms with Gasteiger partial charge in [-0.25, -0.2) is 0 Å². The van der Waals surface area contributed by atoms with Crippen LogP contribution in [0.5, 0.6) is 5.75 Å². The summed E-state index contributed by atoms with van der Waals surface area (Å²) in [7, 11) is 3.68. The van der Waals surface area contributed by atoms with Gasteiger partial charge in [-0.15, -0.1) is 10.2 Å². The summed E-state index contributed by atoms with van der Waals surface area (Å²) in [4.78, 5) is 5.07.